The van der Waals surface area contributed by atoms with Gasteiger partial charge in [-0.05, 0) is 19.1 Å². The molecule has 0 aliphatic rings. The molecule has 20 heavy (non-hydrogen) atoms. The van der Waals surface area contributed by atoms with Crippen molar-refractivity contribution >= 4 is 6.29 Å². The lowest BCUT2D eigenvalue weighted by Gasteiger charge is -1.98. The average molecular weight is 263 g/mol. The molecule has 3 rings (SSSR count). The Morgan fingerprint density at radius 2 is 1.90 bits per heavy atom. The summed E-state index contributed by atoms with van der Waals surface area (Å²) >= 11 is 0. The van der Waals surface area contributed by atoms with Crippen molar-refractivity contribution in [1.29, 1.82) is 0 Å². The van der Waals surface area contributed by atoms with Crippen molar-refractivity contribution in [3.05, 3.63) is 60.0 Å². The zero-order valence-electron chi connectivity index (χ0n) is 11.0. The standard InChI is InChI=1S/C16H13N3O/c1-11-4-6-12(7-5-11)15-14(10-20)18-16(19-15)13-3-2-8-17-9-13/h2-10H,1H3,(H,18,19). The molecule has 4 heteroatoms. The molecule has 0 saturated carbocycles. The van der Waals surface area contributed by atoms with Gasteiger partial charge in [-0.2, -0.15) is 0 Å². The van der Waals surface area contributed by atoms with Crippen LogP contribution < -0.4 is 0 Å². The van der Waals surface area contributed by atoms with Crippen molar-refractivity contribution < 1.29 is 4.79 Å². The van der Waals surface area contributed by atoms with Crippen molar-refractivity contribution in [1.82, 2.24) is 15.0 Å². The Morgan fingerprint density at radius 3 is 2.55 bits per heavy atom. The number of nitrogens with zero attached hydrogens (tertiary/aromatic N) is 2. The minimum Gasteiger partial charge on any atom is -0.335 e. The molecule has 4 nitrogen and oxygen atoms in total. The van der Waals surface area contributed by atoms with E-state index in [-0.39, 0.29) is 0 Å². The minimum atomic E-state index is 0.479. The van der Waals surface area contributed by atoms with Gasteiger partial charge in [0.1, 0.15) is 11.5 Å². The fraction of sp³-hybridized carbons (Fsp3) is 0.0625. The smallest absolute Gasteiger partial charge is 0.168 e. The molecule has 0 radical (unpaired) electrons. The third-order valence-electron chi connectivity index (χ3n) is 3.11. The van der Waals surface area contributed by atoms with Gasteiger partial charge < -0.3 is 4.98 Å². The molecule has 0 aliphatic carbocycles. The number of hydrogen-bond acceptors (Lipinski definition) is 3. The van der Waals surface area contributed by atoms with Gasteiger partial charge in [0.05, 0.1) is 5.69 Å². The lowest BCUT2D eigenvalue weighted by molar-refractivity contribution is 0.112. The highest BCUT2D eigenvalue weighted by Crippen LogP contribution is 2.25. The van der Waals surface area contributed by atoms with E-state index in [1.807, 2.05) is 43.3 Å². The first-order valence-corrected chi connectivity index (χ1v) is 6.30. The van der Waals surface area contributed by atoms with E-state index in [1.165, 1.54) is 5.56 Å². The molecule has 0 bridgehead atoms. The number of imidazole rings is 1. The van der Waals surface area contributed by atoms with Crippen LogP contribution in [0.4, 0.5) is 0 Å². The SMILES string of the molecule is Cc1ccc(-c2nc(-c3cccnc3)[nH]c2C=O)cc1. The Bertz CT molecular complexity index is 730. The fourth-order valence-electron chi connectivity index (χ4n) is 2.04. The summed E-state index contributed by atoms with van der Waals surface area (Å²) in [5.41, 5.74) is 4.09. The Balaban J connectivity index is 2.10. The number of carbonyl (C=O) groups excluding carboxylic acids is 1. The number of carbonyl (C=O) groups is 1. The highest BCUT2D eigenvalue weighted by Gasteiger charge is 2.12. The van der Waals surface area contributed by atoms with E-state index in [2.05, 4.69) is 15.0 Å². The van der Waals surface area contributed by atoms with Gasteiger partial charge in [0.25, 0.3) is 0 Å². The van der Waals surface area contributed by atoms with Gasteiger partial charge in [0.2, 0.25) is 0 Å². The third kappa shape index (κ3) is 2.23. The second-order valence-electron chi connectivity index (χ2n) is 4.57. The van der Waals surface area contributed by atoms with E-state index >= 15 is 0 Å². The lowest BCUT2D eigenvalue weighted by Crippen LogP contribution is -1.85. The first-order valence-electron chi connectivity index (χ1n) is 6.30. The number of aromatic amines is 1. The van der Waals surface area contributed by atoms with Gasteiger partial charge >= 0.3 is 0 Å². The van der Waals surface area contributed by atoms with Crippen LogP contribution in [-0.2, 0) is 0 Å². The highest BCUT2D eigenvalue weighted by atomic mass is 16.1. The highest BCUT2D eigenvalue weighted by molar-refractivity contribution is 5.85. The molecule has 0 amide bonds. The van der Waals surface area contributed by atoms with E-state index in [4.69, 9.17) is 0 Å². The quantitative estimate of drug-likeness (QED) is 0.738. The third-order valence-corrected chi connectivity index (χ3v) is 3.11. The topological polar surface area (TPSA) is 58.6 Å². The maximum Gasteiger partial charge on any atom is 0.168 e. The second kappa shape index (κ2) is 5.09. The zero-order chi connectivity index (χ0) is 13.9. The molecule has 0 saturated heterocycles. The Morgan fingerprint density at radius 1 is 1.10 bits per heavy atom. The molecule has 0 spiro atoms. The lowest BCUT2D eigenvalue weighted by atomic mass is 10.1. The van der Waals surface area contributed by atoms with E-state index in [0.717, 1.165) is 17.4 Å². The average Bonchev–Trinajstić information content (AvgIpc) is 2.93. The maximum absolute atomic E-state index is 11.2. The van der Waals surface area contributed by atoms with Gasteiger partial charge in [0, 0.05) is 23.5 Å². The van der Waals surface area contributed by atoms with Crippen LogP contribution >= 0.6 is 0 Å². The molecule has 0 aliphatic heterocycles. The van der Waals surface area contributed by atoms with E-state index in [9.17, 15) is 4.79 Å². The summed E-state index contributed by atoms with van der Waals surface area (Å²) < 4.78 is 0. The van der Waals surface area contributed by atoms with Crippen molar-refractivity contribution in [2.45, 2.75) is 6.92 Å². The molecule has 2 aromatic heterocycles. The van der Waals surface area contributed by atoms with E-state index in [1.54, 1.807) is 12.4 Å². The van der Waals surface area contributed by atoms with E-state index in [0.29, 0.717) is 17.2 Å². The number of benzene rings is 1. The van der Waals surface area contributed by atoms with E-state index < -0.39 is 0 Å². The predicted molar refractivity (Wildman–Crippen MR) is 77.4 cm³/mol. The summed E-state index contributed by atoms with van der Waals surface area (Å²) in [6.45, 7) is 2.02. The van der Waals surface area contributed by atoms with Gasteiger partial charge in [-0.3, -0.25) is 9.78 Å². The summed E-state index contributed by atoms with van der Waals surface area (Å²) in [5, 5.41) is 0. The first-order chi connectivity index (χ1) is 9.78. The van der Waals surface area contributed by atoms with Crippen molar-refractivity contribution in [3.8, 4) is 22.6 Å². The number of rotatable bonds is 3. The first kappa shape index (κ1) is 12.3. The normalized spacial score (nSPS) is 10.4. The van der Waals surface area contributed by atoms with Crippen LogP contribution in [0.3, 0.4) is 0 Å². The second-order valence-corrected chi connectivity index (χ2v) is 4.57. The summed E-state index contributed by atoms with van der Waals surface area (Å²) in [4.78, 5) is 22.9. The summed E-state index contributed by atoms with van der Waals surface area (Å²) in [6, 6.07) is 11.7. The molecule has 2 heterocycles. The van der Waals surface area contributed by atoms with Gasteiger partial charge in [-0.1, -0.05) is 29.8 Å². The monoisotopic (exact) mass is 263 g/mol. The maximum atomic E-state index is 11.2. The number of hydrogen-bond donors (Lipinski definition) is 1. The van der Waals surface area contributed by atoms with Gasteiger partial charge in [-0.15, -0.1) is 0 Å². The van der Waals surface area contributed by atoms with Crippen molar-refractivity contribution in [2.24, 2.45) is 0 Å². The Labute approximate surface area is 116 Å². The molecule has 0 unspecified atom stereocenters. The van der Waals surface area contributed by atoms with Crippen LogP contribution in [0.15, 0.2) is 48.8 Å². The molecular weight excluding hydrogens is 250 g/mol. The van der Waals surface area contributed by atoms with Gasteiger partial charge in [0.15, 0.2) is 6.29 Å². The summed E-state index contributed by atoms with van der Waals surface area (Å²) in [5.74, 6) is 0.649. The number of pyridine rings is 1. The Hall–Kier alpha value is -2.75. The number of aryl methyl sites for hydroxylation is 1. The zero-order valence-corrected chi connectivity index (χ0v) is 11.0. The van der Waals surface area contributed by atoms with Crippen LogP contribution in [0, 0.1) is 6.92 Å². The summed E-state index contributed by atoms with van der Waals surface area (Å²) in [6.07, 6.45) is 4.21. The summed E-state index contributed by atoms with van der Waals surface area (Å²) in [7, 11) is 0. The molecule has 3 aromatic rings. The van der Waals surface area contributed by atoms with Gasteiger partial charge in [-0.25, -0.2) is 4.98 Å². The van der Waals surface area contributed by atoms with Crippen LogP contribution in [0.25, 0.3) is 22.6 Å². The number of aldehydes is 1. The molecule has 98 valence electrons. The van der Waals surface area contributed by atoms with Crippen LogP contribution in [0.5, 0.6) is 0 Å². The molecule has 0 fully saturated rings. The number of H-pyrrole nitrogens is 1. The minimum absolute atomic E-state index is 0.479. The number of aromatic nitrogens is 3. The molecule has 1 N–H and O–H groups in total. The molecular formula is C16H13N3O. The van der Waals surface area contributed by atoms with Crippen LogP contribution in [0.2, 0.25) is 0 Å². The van der Waals surface area contributed by atoms with Crippen molar-refractivity contribution in [2.75, 3.05) is 0 Å². The fourth-order valence-corrected chi connectivity index (χ4v) is 2.04. The largest absolute Gasteiger partial charge is 0.335 e. The molecule has 1 aromatic carbocycles. The molecule has 0 atom stereocenters. The van der Waals surface area contributed by atoms with Crippen molar-refractivity contribution in [3.63, 3.8) is 0 Å². The van der Waals surface area contributed by atoms with Crippen LogP contribution in [-0.4, -0.2) is 21.2 Å². The predicted octanol–water partition coefficient (Wildman–Crippen LogP) is 3.26. The Kier molecular flexibility index (Phi) is 3.13. The van der Waals surface area contributed by atoms with Crippen LogP contribution in [0.1, 0.15) is 16.1 Å². The number of nitrogens with one attached hydrogen (secondary N) is 1.